The van der Waals surface area contributed by atoms with E-state index in [0.29, 0.717) is 11.4 Å². The first-order chi connectivity index (χ1) is 17.0. The Morgan fingerprint density at radius 2 is 1.80 bits per heavy atom. The molecule has 3 aromatic rings. The summed E-state index contributed by atoms with van der Waals surface area (Å²) >= 11 is 0. The number of rotatable bonds is 4. The van der Waals surface area contributed by atoms with Crippen molar-refractivity contribution < 1.29 is 14.3 Å². The first-order valence-corrected chi connectivity index (χ1v) is 11.5. The van der Waals surface area contributed by atoms with Crippen LogP contribution in [0.25, 0.3) is 23.0 Å². The van der Waals surface area contributed by atoms with E-state index in [-0.39, 0.29) is 11.8 Å². The molecule has 2 aromatic heterocycles. The molecule has 176 valence electrons. The first kappa shape index (κ1) is 22.5. The Hall–Kier alpha value is -4.24. The van der Waals surface area contributed by atoms with Crippen LogP contribution < -0.4 is 10.00 Å². The van der Waals surface area contributed by atoms with Gasteiger partial charge >= 0.3 is 5.82 Å². The summed E-state index contributed by atoms with van der Waals surface area (Å²) in [5.41, 5.74) is 4.03. The summed E-state index contributed by atoms with van der Waals surface area (Å²) in [5.74, 6) is 1.10. The molecular formula is C26H26N7O2+. The Balaban J connectivity index is 1.36. The lowest BCUT2D eigenvalue weighted by atomic mass is 10.1. The fourth-order valence-corrected chi connectivity index (χ4v) is 4.08. The minimum absolute atomic E-state index is 0.0653. The number of anilines is 1. The van der Waals surface area contributed by atoms with Crippen molar-refractivity contribution in [3.05, 3.63) is 65.9 Å². The topological polar surface area (TPSA) is 94.7 Å². The van der Waals surface area contributed by atoms with Gasteiger partial charge in [0.25, 0.3) is 5.91 Å². The van der Waals surface area contributed by atoms with Crippen molar-refractivity contribution in [3.8, 4) is 11.3 Å². The average molecular weight is 469 g/mol. The summed E-state index contributed by atoms with van der Waals surface area (Å²) in [6, 6.07) is 15.1. The number of nitrogens with zero attached hydrogens (tertiary/aromatic N) is 6. The van der Waals surface area contributed by atoms with Crippen LogP contribution >= 0.6 is 0 Å². The van der Waals surface area contributed by atoms with E-state index in [4.69, 9.17) is 5.10 Å². The minimum Gasteiger partial charge on any atom is -0.336 e. The number of amides is 2. The molecule has 9 nitrogen and oxygen atoms in total. The molecule has 0 unspecified atom stereocenters. The van der Waals surface area contributed by atoms with Crippen LogP contribution in [0.5, 0.6) is 0 Å². The van der Waals surface area contributed by atoms with Crippen LogP contribution in [0.3, 0.4) is 0 Å². The van der Waals surface area contributed by atoms with Crippen molar-refractivity contribution in [2.75, 3.05) is 38.5 Å². The molecular weight excluding hydrogens is 442 g/mol. The molecule has 2 aliphatic rings. The van der Waals surface area contributed by atoms with Gasteiger partial charge in [-0.25, -0.2) is 4.98 Å². The molecule has 2 amide bonds. The summed E-state index contributed by atoms with van der Waals surface area (Å²) in [6.45, 7) is 4.74. The maximum Gasteiger partial charge on any atom is 0.349 e. The standard InChI is InChI=1S/C26H25N7O2/c1-18(34)29-24-16-19(9-10-27-24)15-22-17-28-25-8-7-23(30-33(22)25)20-3-5-21(6-4-20)26(35)32-13-11-31(2)12-14-32/h3-10,15-17H,11-14H2,1-2H3/p+1. The normalized spacial score (nSPS) is 16.4. The lowest BCUT2D eigenvalue weighted by molar-refractivity contribution is -0.622. The van der Waals surface area contributed by atoms with Gasteiger partial charge in [-0.1, -0.05) is 21.9 Å². The van der Waals surface area contributed by atoms with Gasteiger partial charge < -0.3 is 15.1 Å². The second kappa shape index (κ2) is 9.55. The summed E-state index contributed by atoms with van der Waals surface area (Å²) in [5, 5.41) is 7.47. The fourth-order valence-electron chi connectivity index (χ4n) is 4.08. The van der Waals surface area contributed by atoms with Crippen molar-refractivity contribution in [1.82, 2.24) is 19.9 Å². The van der Waals surface area contributed by atoms with Gasteiger partial charge in [0.1, 0.15) is 11.5 Å². The van der Waals surface area contributed by atoms with Crippen LogP contribution in [-0.2, 0) is 4.79 Å². The van der Waals surface area contributed by atoms with Crippen LogP contribution in [0.2, 0.25) is 0 Å². The van der Waals surface area contributed by atoms with E-state index in [0.717, 1.165) is 54.5 Å². The Bertz CT molecular complexity index is 1340. The van der Waals surface area contributed by atoms with Crippen molar-refractivity contribution in [2.24, 2.45) is 4.99 Å². The number of likely N-dealkylation sites (N-methyl/N-ethyl adjacent to an activating group) is 1. The van der Waals surface area contributed by atoms with Crippen LogP contribution in [0.15, 0.2) is 59.7 Å². The summed E-state index contributed by atoms with van der Waals surface area (Å²) in [7, 11) is 2.07. The Kier molecular flexibility index (Phi) is 6.15. The van der Waals surface area contributed by atoms with Crippen molar-refractivity contribution in [1.29, 1.82) is 0 Å². The highest BCUT2D eigenvalue weighted by Crippen LogP contribution is 2.22. The third kappa shape index (κ3) is 4.99. The third-order valence-electron chi connectivity index (χ3n) is 6.01. The van der Waals surface area contributed by atoms with E-state index in [9.17, 15) is 9.59 Å². The molecule has 0 bridgehead atoms. The fraction of sp³-hybridized carbons (Fsp3) is 0.231. The minimum atomic E-state index is -0.174. The Morgan fingerprint density at radius 1 is 1.03 bits per heavy atom. The van der Waals surface area contributed by atoms with Crippen molar-refractivity contribution in [2.45, 2.75) is 6.92 Å². The van der Waals surface area contributed by atoms with Crippen LogP contribution in [0.4, 0.5) is 11.6 Å². The highest BCUT2D eigenvalue weighted by Gasteiger charge is 2.24. The second-order valence-electron chi connectivity index (χ2n) is 8.64. The van der Waals surface area contributed by atoms with E-state index in [2.05, 4.69) is 27.2 Å². The van der Waals surface area contributed by atoms with Gasteiger partial charge in [0.2, 0.25) is 11.6 Å². The van der Waals surface area contributed by atoms with Gasteiger partial charge in [0, 0.05) is 56.5 Å². The molecule has 9 heteroatoms. The highest BCUT2D eigenvalue weighted by atomic mass is 16.2. The quantitative estimate of drug-likeness (QED) is 0.594. The lowest BCUT2D eigenvalue weighted by Crippen LogP contribution is -2.47. The molecule has 1 N–H and O–H groups in total. The molecule has 1 fully saturated rings. The maximum atomic E-state index is 12.8. The van der Waals surface area contributed by atoms with E-state index in [1.807, 2.05) is 53.4 Å². The molecule has 35 heavy (non-hydrogen) atoms. The molecule has 5 rings (SSSR count). The van der Waals surface area contributed by atoms with E-state index >= 15 is 0 Å². The van der Waals surface area contributed by atoms with E-state index in [1.165, 1.54) is 6.92 Å². The smallest absolute Gasteiger partial charge is 0.336 e. The zero-order chi connectivity index (χ0) is 24.4. The maximum absolute atomic E-state index is 12.8. The molecule has 0 spiro atoms. The number of allylic oxidation sites excluding steroid dienone is 1. The molecule has 0 saturated carbocycles. The highest BCUT2D eigenvalue weighted by molar-refractivity contribution is 6.07. The van der Waals surface area contributed by atoms with E-state index in [1.54, 1.807) is 23.2 Å². The molecule has 1 aromatic carbocycles. The molecule has 4 heterocycles. The van der Waals surface area contributed by atoms with Crippen LogP contribution in [0, 0.1) is 0 Å². The van der Waals surface area contributed by atoms with Crippen molar-refractivity contribution in [3.63, 3.8) is 0 Å². The molecule has 0 aliphatic carbocycles. The van der Waals surface area contributed by atoms with Gasteiger partial charge in [-0.3, -0.25) is 9.59 Å². The first-order valence-electron chi connectivity index (χ1n) is 11.5. The zero-order valence-corrected chi connectivity index (χ0v) is 19.7. The van der Waals surface area contributed by atoms with E-state index < -0.39 is 0 Å². The number of piperazine rings is 1. The van der Waals surface area contributed by atoms with Crippen molar-refractivity contribution >= 4 is 41.4 Å². The summed E-state index contributed by atoms with van der Waals surface area (Å²) in [6.07, 6.45) is 5.33. The molecule has 0 radical (unpaired) electrons. The number of hydrogen-bond acceptors (Lipinski definition) is 6. The van der Waals surface area contributed by atoms with Gasteiger partial charge in [-0.15, -0.1) is 0 Å². The van der Waals surface area contributed by atoms with Crippen LogP contribution in [-0.4, -0.2) is 71.1 Å². The number of aromatic nitrogens is 3. The number of fused-ring (bicyclic) bond motifs is 1. The number of nitrogens with one attached hydrogen (secondary N) is 1. The van der Waals surface area contributed by atoms with Crippen LogP contribution in [0.1, 0.15) is 22.8 Å². The lowest BCUT2D eigenvalue weighted by Gasteiger charge is -2.32. The largest absolute Gasteiger partial charge is 0.349 e. The van der Waals surface area contributed by atoms with Gasteiger partial charge in [-0.05, 0) is 54.0 Å². The zero-order valence-electron chi connectivity index (χ0n) is 19.7. The number of pyridine rings is 1. The predicted octanol–water partition coefficient (Wildman–Crippen LogP) is 2.49. The molecule has 2 aliphatic heterocycles. The second-order valence-corrected chi connectivity index (χ2v) is 8.64. The molecule has 1 saturated heterocycles. The number of carbonyl (C=O) groups is 2. The average Bonchev–Trinajstić information content (AvgIpc) is 3.26. The van der Waals surface area contributed by atoms with Gasteiger partial charge in [-0.2, -0.15) is 0 Å². The van der Waals surface area contributed by atoms with Gasteiger partial charge in [0.15, 0.2) is 6.21 Å². The third-order valence-corrected chi connectivity index (χ3v) is 6.01. The summed E-state index contributed by atoms with van der Waals surface area (Å²) < 4.78 is 1.77. The number of aliphatic imine (C=N–C) groups is 1. The Labute approximate surface area is 203 Å². The van der Waals surface area contributed by atoms with Gasteiger partial charge in [0.05, 0.1) is 0 Å². The summed E-state index contributed by atoms with van der Waals surface area (Å²) in [4.78, 5) is 36.9. The monoisotopic (exact) mass is 468 g/mol. The molecule has 0 atom stereocenters. The predicted molar refractivity (Wildman–Crippen MR) is 134 cm³/mol. The number of carbonyl (C=O) groups excluding carboxylic acids is 2. The number of benzene rings is 1. The number of hydrogen-bond donors (Lipinski definition) is 1. The SMILES string of the molecule is CC(=O)Nc1cc(C=C2C=Nc3ccc(-c4ccc(C(=O)N5CCN(C)CC5)cc4)n[n+]32)ccn1. The Morgan fingerprint density at radius 3 is 2.54 bits per heavy atom.